The Morgan fingerprint density at radius 2 is 1.97 bits per heavy atom. The van der Waals surface area contributed by atoms with E-state index in [1.54, 1.807) is 42.0 Å². The molecule has 1 aromatic carbocycles. The number of aliphatic hydroxyl groups is 1. The summed E-state index contributed by atoms with van der Waals surface area (Å²) in [5.41, 5.74) is -0.214. The van der Waals surface area contributed by atoms with Crippen LogP contribution in [0.3, 0.4) is 0 Å². The fourth-order valence-electron chi connectivity index (χ4n) is 4.83. The van der Waals surface area contributed by atoms with Gasteiger partial charge in [0.2, 0.25) is 11.8 Å². The second kappa shape index (κ2) is 8.49. The molecule has 2 atom stereocenters. The van der Waals surface area contributed by atoms with Crippen LogP contribution >= 0.6 is 0 Å². The second-order valence-electron chi connectivity index (χ2n) is 8.82. The van der Waals surface area contributed by atoms with Gasteiger partial charge in [-0.25, -0.2) is 0 Å². The van der Waals surface area contributed by atoms with Crippen molar-refractivity contribution in [3.05, 3.63) is 23.8 Å². The Morgan fingerprint density at radius 1 is 1.23 bits per heavy atom. The molecular formula is C23H30N2O6. The summed E-state index contributed by atoms with van der Waals surface area (Å²) in [6.45, 7) is 3.13. The van der Waals surface area contributed by atoms with Gasteiger partial charge in [-0.2, -0.15) is 0 Å². The maximum absolute atomic E-state index is 13.0. The fraction of sp³-hybridized carbons (Fsp3) is 0.609. The molecule has 3 aliphatic rings. The molecule has 0 aliphatic carbocycles. The van der Waals surface area contributed by atoms with E-state index in [-0.39, 0.29) is 36.5 Å². The maximum Gasteiger partial charge on any atom is 0.245 e. The lowest BCUT2D eigenvalue weighted by molar-refractivity contribution is -0.146. The van der Waals surface area contributed by atoms with Gasteiger partial charge in [-0.05, 0) is 38.3 Å². The highest BCUT2D eigenvalue weighted by molar-refractivity contribution is 6.00. The summed E-state index contributed by atoms with van der Waals surface area (Å²) in [5, 5.41) is 9.69. The number of piperidine rings is 1. The summed E-state index contributed by atoms with van der Waals surface area (Å²) in [7, 11) is 1.56. The molecule has 3 aliphatic heterocycles. The molecule has 1 N–H and O–H groups in total. The first kappa shape index (κ1) is 21.6. The average Bonchev–Trinajstić information content (AvgIpc) is 2.92. The van der Waals surface area contributed by atoms with Crippen LogP contribution in [0.15, 0.2) is 18.2 Å². The molecule has 2 fully saturated rings. The van der Waals surface area contributed by atoms with Crippen LogP contribution in [0.4, 0.5) is 0 Å². The number of carbonyl (C=O) groups excluding carboxylic acids is 3. The third kappa shape index (κ3) is 4.26. The summed E-state index contributed by atoms with van der Waals surface area (Å²) < 4.78 is 11.6. The number of hydrogen-bond donors (Lipinski definition) is 1. The lowest BCUT2D eigenvalue weighted by Gasteiger charge is -2.38. The summed E-state index contributed by atoms with van der Waals surface area (Å²) in [6.07, 6.45) is 2.13. The summed E-state index contributed by atoms with van der Waals surface area (Å²) in [4.78, 5) is 42.0. The predicted molar refractivity (Wildman–Crippen MR) is 112 cm³/mol. The highest BCUT2D eigenvalue weighted by Gasteiger charge is 2.44. The van der Waals surface area contributed by atoms with Gasteiger partial charge in [0, 0.05) is 38.5 Å². The highest BCUT2D eigenvalue weighted by atomic mass is 16.5. The van der Waals surface area contributed by atoms with Crippen molar-refractivity contribution in [2.24, 2.45) is 0 Å². The summed E-state index contributed by atoms with van der Waals surface area (Å²) >= 11 is 0. The van der Waals surface area contributed by atoms with Crippen LogP contribution in [0.25, 0.3) is 0 Å². The Kier molecular flexibility index (Phi) is 5.92. The first-order valence-electron chi connectivity index (χ1n) is 11.0. The number of aliphatic hydroxyl groups excluding tert-OH is 1. The Balaban J connectivity index is 1.48. The van der Waals surface area contributed by atoms with Gasteiger partial charge in [0.05, 0.1) is 25.2 Å². The van der Waals surface area contributed by atoms with Gasteiger partial charge in [0.25, 0.3) is 0 Å². The van der Waals surface area contributed by atoms with Gasteiger partial charge >= 0.3 is 0 Å². The van der Waals surface area contributed by atoms with Crippen LogP contribution in [0, 0.1) is 0 Å². The van der Waals surface area contributed by atoms with Crippen LogP contribution in [0.2, 0.25) is 0 Å². The van der Waals surface area contributed by atoms with E-state index in [2.05, 4.69) is 0 Å². The Morgan fingerprint density at radius 3 is 2.68 bits per heavy atom. The lowest BCUT2D eigenvalue weighted by atomic mass is 9.84. The molecule has 31 heavy (non-hydrogen) atoms. The molecule has 4 rings (SSSR count). The Bertz CT molecular complexity index is 879. The van der Waals surface area contributed by atoms with E-state index < -0.39 is 11.6 Å². The third-order valence-electron chi connectivity index (χ3n) is 6.82. The van der Waals surface area contributed by atoms with Gasteiger partial charge in [0.15, 0.2) is 5.78 Å². The zero-order valence-corrected chi connectivity index (χ0v) is 18.1. The molecule has 8 nitrogen and oxygen atoms in total. The molecule has 8 heteroatoms. The van der Waals surface area contributed by atoms with Crippen molar-refractivity contribution in [3.8, 4) is 11.5 Å². The van der Waals surface area contributed by atoms with Crippen molar-refractivity contribution in [1.29, 1.82) is 0 Å². The standard InChI is InChI=1S/C23H30N2O6/c1-15(22(29)24-10-6-16(26)7-11-24)25-12-9-23(8-5-21(25)28)14-19(27)18-4-3-17(30-2)13-20(18)31-23/h3-4,13,15-16,26H,5-12,14H2,1-2H3/t15-,23-/m0/s1. The van der Waals surface area contributed by atoms with Crippen LogP contribution in [0.5, 0.6) is 11.5 Å². The topological polar surface area (TPSA) is 96.4 Å². The molecule has 0 unspecified atom stereocenters. The predicted octanol–water partition coefficient (Wildman–Crippen LogP) is 1.78. The number of Topliss-reactive ketones (excluding diaryl/α,β-unsaturated/α-hetero) is 1. The fourth-order valence-corrected chi connectivity index (χ4v) is 4.83. The Labute approximate surface area is 182 Å². The molecule has 2 saturated heterocycles. The van der Waals surface area contributed by atoms with E-state index in [1.165, 1.54) is 0 Å². The number of fused-ring (bicyclic) bond motifs is 1. The van der Waals surface area contributed by atoms with Crippen LogP contribution in [-0.4, -0.2) is 77.0 Å². The molecule has 3 heterocycles. The largest absolute Gasteiger partial charge is 0.497 e. The lowest BCUT2D eigenvalue weighted by Crippen LogP contribution is -2.52. The van der Waals surface area contributed by atoms with Crippen molar-refractivity contribution in [1.82, 2.24) is 9.80 Å². The number of ketones is 1. The number of ether oxygens (including phenoxy) is 2. The molecule has 0 saturated carbocycles. The first-order valence-corrected chi connectivity index (χ1v) is 11.0. The number of benzene rings is 1. The van der Waals surface area contributed by atoms with E-state index in [1.807, 2.05) is 0 Å². The number of likely N-dealkylation sites (tertiary alicyclic amines) is 2. The zero-order chi connectivity index (χ0) is 22.2. The van der Waals surface area contributed by atoms with Crippen LogP contribution in [0.1, 0.15) is 55.8 Å². The number of hydrogen-bond acceptors (Lipinski definition) is 6. The second-order valence-corrected chi connectivity index (χ2v) is 8.82. The normalized spacial score (nSPS) is 25.6. The molecule has 1 aromatic rings. The van der Waals surface area contributed by atoms with Gasteiger partial charge in [-0.15, -0.1) is 0 Å². The average molecular weight is 431 g/mol. The van der Waals surface area contributed by atoms with Crippen molar-refractivity contribution >= 4 is 17.6 Å². The van der Waals surface area contributed by atoms with Gasteiger partial charge in [0.1, 0.15) is 23.1 Å². The minimum Gasteiger partial charge on any atom is -0.497 e. The maximum atomic E-state index is 13.0. The van der Waals surface area contributed by atoms with Gasteiger partial charge in [-0.1, -0.05) is 0 Å². The van der Waals surface area contributed by atoms with E-state index in [4.69, 9.17) is 9.47 Å². The number of methoxy groups -OCH3 is 1. The van der Waals surface area contributed by atoms with Crippen molar-refractivity contribution in [2.75, 3.05) is 26.7 Å². The first-order chi connectivity index (χ1) is 14.8. The third-order valence-corrected chi connectivity index (χ3v) is 6.82. The quantitative estimate of drug-likeness (QED) is 0.785. The minimum atomic E-state index is -0.751. The van der Waals surface area contributed by atoms with E-state index >= 15 is 0 Å². The number of amides is 2. The number of nitrogens with zero attached hydrogens (tertiary/aromatic N) is 2. The van der Waals surface area contributed by atoms with Crippen LogP contribution in [-0.2, 0) is 9.59 Å². The molecular weight excluding hydrogens is 400 g/mol. The Hall–Kier alpha value is -2.61. The molecule has 0 radical (unpaired) electrons. The highest BCUT2D eigenvalue weighted by Crippen LogP contribution is 2.41. The molecule has 0 bridgehead atoms. The number of rotatable bonds is 3. The smallest absolute Gasteiger partial charge is 0.245 e. The molecule has 1 spiro atoms. The molecule has 0 aromatic heterocycles. The van der Waals surface area contributed by atoms with E-state index in [9.17, 15) is 19.5 Å². The molecule has 168 valence electrons. The van der Waals surface area contributed by atoms with Crippen molar-refractivity contribution in [3.63, 3.8) is 0 Å². The van der Waals surface area contributed by atoms with Gasteiger partial charge in [-0.3, -0.25) is 14.4 Å². The summed E-state index contributed by atoms with van der Waals surface area (Å²) in [5.74, 6) is 0.920. The van der Waals surface area contributed by atoms with E-state index in [0.29, 0.717) is 62.4 Å². The minimum absolute atomic E-state index is 0.000742. The molecule has 2 amide bonds. The number of carbonyl (C=O) groups is 3. The van der Waals surface area contributed by atoms with Gasteiger partial charge < -0.3 is 24.4 Å². The van der Waals surface area contributed by atoms with Crippen molar-refractivity contribution < 1.29 is 29.0 Å². The summed E-state index contributed by atoms with van der Waals surface area (Å²) in [6, 6.07) is 4.59. The monoisotopic (exact) mass is 430 g/mol. The van der Waals surface area contributed by atoms with E-state index in [0.717, 1.165) is 0 Å². The SMILES string of the molecule is COc1ccc2c(c1)O[C@]1(CCC(=O)N([C@@H](C)C(=O)N3CCC(O)CC3)CC1)CC2=O. The zero-order valence-electron chi connectivity index (χ0n) is 18.1. The van der Waals surface area contributed by atoms with Crippen LogP contribution < -0.4 is 9.47 Å². The van der Waals surface area contributed by atoms with Crippen molar-refractivity contribution in [2.45, 2.75) is 63.2 Å².